The highest BCUT2D eigenvalue weighted by Gasteiger charge is 2.17. The van der Waals surface area contributed by atoms with E-state index < -0.39 is 0 Å². The molecule has 3 heteroatoms. The standard InChI is InChI=1S/C18H24N2O/c19-20-18(12-4-8-15-9-5-13-21-15)17-11-3-7-14-6-1-2-10-16(14)17/h1-3,6-7,10-11,15,18,20H,4-5,8-9,12-13,19H2. The maximum atomic E-state index is 5.81. The molecule has 0 aliphatic carbocycles. The predicted molar refractivity (Wildman–Crippen MR) is 86.8 cm³/mol. The number of fused-ring (bicyclic) bond motifs is 1. The summed E-state index contributed by atoms with van der Waals surface area (Å²) in [5.41, 5.74) is 4.29. The van der Waals surface area contributed by atoms with E-state index in [4.69, 9.17) is 10.6 Å². The van der Waals surface area contributed by atoms with Gasteiger partial charge in [0.1, 0.15) is 0 Å². The number of hydrogen-bond acceptors (Lipinski definition) is 3. The van der Waals surface area contributed by atoms with Crippen LogP contribution in [-0.4, -0.2) is 12.7 Å². The van der Waals surface area contributed by atoms with Crippen LogP contribution in [0.15, 0.2) is 42.5 Å². The molecular formula is C18H24N2O. The number of nitrogens with two attached hydrogens (primary N) is 1. The number of hydrazine groups is 1. The Bertz CT molecular complexity index is 573. The highest BCUT2D eigenvalue weighted by Crippen LogP contribution is 2.28. The maximum absolute atomic E-state index is 5.81. The zero-order valence-electron chi connectivity index (χ0n) is 12.4. The molecule has 1 heterocycles. The zero-order valence-corrected chi connectivity index (χ0v) is 12.4. The van der Waals surface area contributed by atoms with Crippen LogP contribution >= 0.6 is 0 Å². The molecule has 0 bridgehead atoms. The average Bonchev–Trinajstić information content (AvgIpc) is 3.05. The fourth-order valence-electron chi connectivity index (χ4n) is 3.30. The quantitative estimate of drug-likeness (QED) is 0.628. The molecule has 2 unspecified atom stereocenters. The van der Waals surface area contributed by atoms with Gasteiger partial charge in [0.25, 0.3) is 0 Å². The van der Waals surface area contributed by atoms with Gasteiger partial charge in [0, 0.05) is 12.6 Å². The average molecular weight is 284 g/mol. The van der Waals surface area contributed by atoms with Gasteiger partial charge in [0.05, 0.1) is 6.10 Å². The second-order valence-electron chi connectivity index (χ2n) is 5.85. The fourth-order valence-corrected chi connectivity index (χ4v) is 3.30. The fraction of sp³-hybridized carbons (Fsp3) is 0.444. The van der Waals surface area contributed by atoms with Gasteiger partial charge < -0.3 is 4.74 Å². The summed E-state index contributed by atoms with van der Waals surface area (Å²) in [5.74, 6) is 5.81. The third-order valence-corrected chi connectivity index (χ3v) is 4.44. The van der Waals surface area contributed by atoms with Gasteiger partial charge in [-0.25, -0.2) is 0 Å². The van der Waals surface area contributed by atoms with E-state index in [1.807, 2.05) is 0 Å². The van der Waals surface area contributed by atoms with E-state index in [-0.39, 0.29) is 6.04 Å². The molecular weight excluding hydrogens is 260 g/mol. The summed E-state index contributed by atoms with van der Waals surface area (Å²) in [6.07, 6.45) is 6.23. The molecule has 0 amide bonds. The number of ether oxygens (including phenoxy) is 1. The minimum Gasteiger partial charge on any atom is -0.378 e. The van der Waals surface area contributed by atoms with Gasteiger partial charge in [-0.2, -0.15) is 0 Å². The van der Waals surface area contributed by atoms with Crippen LogP contribution in [0.25, 0.3) is 10.8 Å². The summed E-state index contributed by atoms with van der Waals surface area (Å²) in [4.78, 5) is 0. The first-order chi connectivity index (χ1) is 10.4. The normalized spacial score (nSPS) is 20.0. The van der Waals surface area contributed by atoms with Gasteiger partial charge in [0.2, 0.25) is 0 Å². The van der Waals surface area contributed by atoms with E-state index in [1.54, 1.807) is 0 Å². The van der Waals surface area contributed by atoms with Crippen LogP contribution in [0.2, 0.25) is 0 Å². The SMILES string of the molecule is NNC(CCCC1CCCO1)c1cccc2ccccc12. The Hall–Kier alpha value is -1.42. The first-order valence-corrected chi connectivity index (χ1v) is 7.94. The van der Waals surface area contributed by atoms with E-state index >= 15 is 0 Å². The van der Waals surface area contributed by atoms with Crippen molar-refractivity contribution in [1.29, 1.82) is 0 Å². The van der Waals surface area contributed by atoms with Crippen molar-refractivity contribution in [2.24, 2.45) is 5.84 Å². The summed E-state index contributed by atoms with van der Waals surface area (Å²) in [5, 5.41) is 2.56. The third kappa shape index (κ3) is 3.43. The molecule has 0 aromatic heterocycles. The van der Waals surface area contributed by atoms with Crippen LogP contribution in [0.1, 0.15) is 43.7 Å². The van der Waals surface area contributed by atoms with Gasteiger partial charge in [0.15, 0.2) is 0 Å². The Labute approximate surface area is 126 Å². The minimum absolute atomic E-state index is 0.206. The molecule has 1 aliphatic rings. The number of hydrogen-bond donors (Lipinski definition) is 2. The molecule has 3 N–H and O–H groups in total. The molecule has 2 aromatic carbocycles. The molecule has 0 radical (unpaired) electrons. The first-order valence-electron chi connectivity index (χ1n) is 7.94. The van der Waals surface area contributed by atoms with Crippen LogP contribution in [0.3, 0.4) is 0 Å². The van der Waals surface area contributed by atoms with E-state index in [0.29, 0.717) is 6.10 Å². The molecule has 0 spiro atoms. The Morgan fingerprint density at radius 1 is 1.19 bits per heavy atom. The van der Waals surface area contributed by atoms with E-state index in [2.05, 4.69) is 47.9 Å². The summed E-state index contributed by atoms with van der Waals surface area (Å²) in [6, 6.07) is 15.1. The Balaban J connectivity index is 1.69. The molecule has 1 saturated heterocycles. The lowest BCUT2D eigenvalue weighted by Gasteiger charge is -2.19. The highest BCUT2D eigenvalue weighted by molar-refractivity contribution is 5.86. The van der Waals surface area contributed by atoms with Gasteiger partial charge in [-0.1, -0.05) is 42.5 Å². The van der Waals surface area contributed by atoms with Crippen LogP contribution in [-0.2, 0) is 4.74 Å². The number of benzene rings is 2. The Morgan fingerprint density at radius 3 is 2.86 bits per heavy atom. The summed E-state index contributed by atoms with van der Waals surface area (Å²) in [7, 11) is 0. The van der Waals surface area contributed by atoms with Crippen LogP contribution in [0, 0.1) is 0 Å². The molecule has 3 nitrogen and oxygen atoms in total. The topological polar surface area (TPSA) is 47.3 Å². The van der Waals surface area contributed by atoms with Gasteiger partial charge in [-0.05, 0) is 48.4 Å². The van der Waals surface area contributed by atoms with E-state index in [9.17, 15) is 0 Å². The van der Waals surface area contributed by atoms with Crippen molar-refractivity contribution in [2.75, 3.05) is 6.61 Å². The highest BCUT2D eigenvalue weighted by atomic mass is 16.5. The minimum atomic E-state index is 0.206. The molecule has 1 fully saturated rings. The molecule has 2 atom stereocenters. The predicted octanol–water partition coefficient (Wildman–Crippen LogP) is 3.69. The second kappa shape index (κ2) is 7.03. The van der Waals surface area contributed by atoms with Crippen molar-refractivity contribution in [1.82, 2.24) is 5.43 Å². The lowest BCUT2D eigenvalue weighted by Crippen LogP contribution is -2.28. The summed E-state index contributed by atoms with van der Waals surface area (Å²) in [6.45, 7) is 0.937. The monoisotopic (exact) mass is 284 g/mol. The lowest BCUT2D eigenvalue weighted by molar-refractivity contribution is 0.101. The van der Waals surface area contributed by atoms with Crippen molar-refractivity contribution in [2.45, 2.75) is 44.2 Å². The zero-order chi connectivity index (χ0) is 14.5. The summed E-state index contributed by atoms with van der Waals surface area (Å²) >= 11 is 0. The van der Waals surface area contributed by atoms with Gasteiger partial charge >= 0.3 is 0 Å². The van der Waals surface area contributed by atoms with Gasteiger partial charge in [-0.3, -0.25) is 11.3 Å². The Morgan fingerprint density at radius 2 is 2.05 bits per heavy atom. The van der Waals surface area contributed by atoms with Crippen molar-refractivity contribution >= 4 is 10.8 Å². The van der Waals surface area contributed by atoms with Crippen LogP contribution in [0.4, 0.5) is 0 Å². The smallest absolute Gasteiger partial charge is 0.0576 e. The molecule has 3 rings (SSSR count). The Kier molecular flexibility index (Phi) is 4.86. The van der Waals surface area contributed by atoms with Crippen LogP contribution < -0.4 is 11.3 Å². The number of nitrogens with one attached hydrogen (secondary N) is 1. The van der Waals surface area contributed by atoms with Crippen molar-refractivity contribution in [3.63, 3.8) is 0 Å². The molecule has 2 aromatic rings. The van der Waals surface area contributed by atoms with Crippen LogP contribution in [0.5, 0.6) is 0 Å². The van der Waals surface area contributed by atoms with E-state index in [1.165, 1.54) is 29.2 Å². The van der Waals surface area contributed by atoms with Gasteiger partial charge in [-0.15, -0.1) is 0 Å². The molecule has 1 aliphatic heterocycles. The van der Waals surface area contributed by atoms with Crippen molar-refractivity contribution in [3.05, 3.63) is 48.0 Å². The molecule has 0 saturated carbocycles. The molecule has 112 valence electrons. The van der Waals surface area contributed by atoms with Crippen molar-refractivity contribution in [3.8, 4) is 0 Å². The number of rotatable bonds is 6. The first kappa shape index (κ1) is 14.5. The maximum Gasteiger partial charge on any atom is 0.0576 e. The lowest BCUT2D eigenvalue weighted by atomic mass is 9.95. The van der Waals surface area contributed by atoms with E-state index in [0.717, 1.165) is 25.9 Å². The van der Waals surface area contributed by atoms with Crippen molar-refractivity contribution < 1.29 is 4.74 Å². The second-order valence-corrected chi connectivity index (χ2v) is 5.85. The largest absolute Gasteiger partial charge is 0.378 e. The third-order valence-electron chi connectivity index (χ3n) is 4.44. The summed E-state index contributed by atoms with van der Waals surface area (Å²) < 4.78 is 5.69. The molecule has 21 heavy (non-hydrogen) atoms.